The second kappa shape index (κ2) is 9.59. The fraction of sp³-hybridized carbons (Fsp3) is 0.650. The van der Waals surface area contributed by atoms with Crippen molar-refractivity contribution < 1.29 is 23.1 Å². The van der Waals surface area contributed by atoms with Crippen molar-refractivity contribution in [3.05, 3.63) is 30.3 Å². The van der Waals surface area contributed by atoms with E-state index in [-0.39, 0.29) is 40.7 Å². The van der Waals surface area contributed by atoms with Gasteiger partial charge in [-0.3, -0.25) is 0 Å². The minimum absolute atomic E-state index is 0.0256. The molecule has 0 aromatic heterocycles. The number of hydrogen-bond acceptors (Lipinski definition) is 5. The van der Waals surface area contributed by atoms with Crippen LogP contribution in [0.3, 0.4) is 0 Å². The molecule has 3 atom stereocenters. The second-order valence-electron chi connectivity index (χ2n) is 8.01. The number of carbonyl (C=O) groups excluding carboxylic acids is 1. The van der Waals surface area contributed by atoms with E-state index in [0.717, 1.165) is 0 Å². The van der Waals surface area contributed by atoms with E-state index >= 15 is 0 Å². The number of rotatable bonds is 11. The van der Waals surface area contributed by atoms with Gasteiger partial charge in [-0.25, -0.2) is 0 Å². The van der Waals surface area contributed by atoms with Gasteiger partial charge < -0.3 is 0 Å². The van der Waals surface area contributed by atoms with Crippen molar-refractivity contribution in [1.29, 1.82) is 0 Å². The first-order chi connectivity index (χ1) is 13.2. The Morgan fingerprint density at radius 2 is 1.71 bits per heavy atom. The van der Waals surface area contributed by atoms with Gasteiger partial charge in [-0.1, -0.05) is 0 Å². The molecule has 0 N–H and O–H groups in total. The van der Waals surface area contributed by atoms with Crippen molar-refractivity contribution in [3.8, 4) is 0 Å². The van der Waals surface area contributed by atoms with Gasteiger partial charge in [0, 0.05) is 0 Å². The zero-order valence-electron chi connectivity index (χ0n) is 17.8. The van der Waals surface area contributed by atoms with E-state index < -0.39 is 26.8 Å². The number of ether oxygens (including phenoxy) is 1. The van der Waals surface area contributed by atoms with Gasteiger partial charge in [0.1, 0.15) is 0 Å². The number of carbonyl (C=O) groups is 1. The SMILES string of the molecule is CCOC(=O)[C@]1(P(=O)(OCC)OCC)C[C@@H]1[C@H]([Se]c1ccccc1)[Si](C)(C)C. The van der Waals surface area contributed by atoms with Gasteiger partial charge >= 0.3 is 177 Å². The van der Waals surface area contributed by atoms with Gasteiger partial charge in [-0.15, -0.1) is 0 Å². The maximum absolute atomic E-state index is 13.8. The van der Waals surface area contributed by atoms with Crippen LogP contribution in [0.2, 0.25) is 24.1 Å². The third kappa shape index (κ3) is 4.83. The minimum atomic E-state index is -3.62. The zero-order valence-corrected chi connectivity index (χ0v) is 21.4. The second-order valence-corrected chi connectivity index (χ2v) is 19.2. The fourth-order valence-corrected chi connectivity index (χ4v) is 13.7. The molecule has 5 nitrogen and oxygen atoms in total. The van der Waals surface area contributed by atoms with Gasteiger partial charge in [-0.2, -0.15) is 0 Å². The van der Waals surface area contributed by atoms with Crippen LogP contribution in [0.25, 0.3) is 0 Å². The molecule has 0 unspecified atom stereocenters. The van der Waals surface area contributed by atoms with E-state index in [1.807, 2.05) is 6.07 Å². The molecule has 1 fully saturated rings. The average Bonchev–Trinajstić information content (AvgIpc) is 3.37. The molecule has 1 aromatic rings. The molecule has 0 radical (unpaired) electrons. The summed E-state index contributed by atoms with van der Waals surface area (Å²) in [6, 6.07) is 10.4. The van der Waals surface area contributed by atoms with Crippen LogP contribution in [0.5, 0.6) is 0 Å². The first-order valence-corrected chi connectivity index (χ1v) is 16.9. The molecule has 1 saturated carbocycles. The predicted octanol–water partition coefficient (Wildman–Crippen LogP) is 4.27. The molecule has 158 valence electrons. The molecule has 28 heavy (non-hydrogen) atoms. The van der Waals surface area contributed by atoms with Crippen molar-refractivity contribution in [2.45, 2.75) is 56.4 Å². The molecule has 1 aliphatic carbocycles. The number of esters is 1. The normalized spacial score (nSPS) is 23.3. The molecular weight excluding hydrogens is 458 g/mol. The zero-order chi connectivity index (χ0) is 21.0. The Labute approximate surface area is 176 Å². The summed E-state index contributed by atoms with van der Waals surface area (Å²) in [4.78, 5) is 13.1. The third-order valence-electron chi connectivity index (χ3n) is 4.93. The molecule has 1 aromatic carbocycles. The molecule has 0 aliphatic heterocycles. The maximum atomic E-state index is 13.8. The van der Waals surface area contributed by atoms with E-state index in [4.69, 9.17) is 13.8 Å². The summed E-state index contributed by atoms with van der Waals surface area (Å²) in [6.45, 7) is 13.1. The fourth-order valence-electron chi connectivity index (χ4n) is 3.67. The van der Waals surface area contributed by atoms with Crippen molar-refractivity contribution in [3.63, 3.8) is 0 Å². The Hall–Kier alpha value is -0.424. The summed E-state index contributed by atoms with van der Waals surface area (Å²) in [5, 5.41) is -1.16. The van der Waals surface area contributed by atoms with Crippen molar-refractivity contribution in [2.75, 3.05) is 19.8 Å². The molecule has 0 amide bonds. The van der Waals surface area contributed by atoms with E-state index in [1.165, 1.54) is 4.46 Å². The molecule has 0 heterocycles. The third-order valence-corrected chi connectivity index (χ3v) is 17.3. The average molecular weight is 491 g/mol. The van der Waals surface area contributed by atoms with Gasteiger partial charge in [0.05, 0.1) is 0 Å². The van der Waals surface area contributed by atoms with Crippen molar-refractivity contribution in [1.82, 2.24) is 0 Å². The van der Waals surface area contributed by atoms with Crippen LogP contribution in [0.4, 0.5) is 0 Å². The van der Waals surface area contributed by atoms with Crippen molar-refractivity contribution in [2.24, 2.45) is 5.92 Å². The monoisotopic (exact) mass is 492 g/mol. The van der Waals surface area contributed by atoms with Crippen LogP contribution in [-0.4, -0.2) is 54.0 Å². The summed E-state index contributed by atoms with van der Waals surface area (Å²) in [5.74, 6) is -0.445. The molecular formula is C20H33O5PSeSi. The quantitative estimate of drug-likeness (QED) is 0.263. The van der Waals surface area contributed by atoms with E-state index in [1.54, 1.807) is 20.8 Å². The standard InChI is InChI=1S/C20H33O5PSeSi/c1-7-23-19(21)20(26(22,24-8-2)25-9-3)15-17(20)18(28(4,5)6)27-16-13-11-10-12-14-16/h10-14,17-18H,7-9,15H2,1-6H3/t17-,18-,20+/m1/s1. The Bertz CT molecular complexity index is 698. The van der Waals surface area contributed by atoms with Crippen LogP contribution in [-0.2, 0) is 23.1 Å². The summed E-state index contributed by atoms with van der Waals surface area (Å²) in [6.07, 6.45) is 0.520. The van der Waals surface area contributed by atoms with E-state index in [9.17, 15) is 9.36 Å². The Morgan fingerprint density at radius 3 is 2.18 bits per heavy atom. The van der Waals surface area contributed by atoms with Gasteiger partial charge in [0.2, 0.25) is 0 Å². The summed E-state index contributed by atoms with van der Waals surface area (Å²) in [7, 11) is -5.29. The Morgan fingerprint density at radius 1 is 1.14 bits per heavy atom. The number of benzene rings is 1. The van der Waals surface area contributed by atoms with Gasteiger partial charge in [-0.05, 0) is 0 Å². The van der Waals surface area contributed by atoms with Crippen LogP contribution in [0.1, 0.15) is 27.2 Å². The Balaban J connectivity index is 2.45. The Kier molecular flexibility index (Phi) is 8.17. The summed E-state index contributed by atoms with van der Waals surface area (Å²) >= 11 is 0.175. The van der Waals surface area contributed by atoms with E-state index in [2.05, 4.69) is 43.9 Å². The number of hydrogen-bond donors (Lipinski definition) is 0. The summed E-state index contributed by atoms with van der Waals surface area (Å²) in [5.41, 5.74) is 0. The molecule has 0 saturated heterocycles. The molecule has 2 rings (SSSR count). The van der Waals surface area contributed by atoms with E-state index in [0.29, 0.717) is 10.9 Å². The van der Waals surface area contributed by atoms with Gasteiger partial charge in [0.25, 0.3) is 0 Å². The van der Waals surface area contributed by atoms with Crippen LogP contribution >= 0.6 is 7.60 Å². The van der Waals surface area contributed by atoms with Crippen molar-refractivity contribution >= 4 is 41.1 Å². The van der Waals surface area contributed by atoms with Crippen LogP contribution in [0.15, 0.2) is 30.3 Å². The van der Waals surface area contributed by atoms with Crippen LogP contribution in [0, 0.1) is 5.92 Å². The van der Waals surface area contributed by atoms with Crippen LogP contribution < -0.4 is 4.46 Å². The first-order valence-electron chi connectivity index (χ1n) is 9.94. The molecule has 8 heteroatoms. The summed E-state index contributed by atoms with van der Waals surface area (Å²) < 4.78 is 32.1. The topological polar surface area (TPSA) is 61.8 Å². The molecule has 0 bridgehead atoms. The predicted molar refractivity (Wildman–Crippen MR) is 117 cm³/mol. The molecule has 0 spiro atoms. The first kappa shape index (κ1) is 23.9. The molecule has 1 aliphatic rings. The van der Waals surface area contributed by atoms with Gasteiger partial charge in [0.15, 0.2) is 0 Å².